The van der Waals surface area contributed by atoms with Crippen molar-refractivity contribution in [2.75, 3.05) is 6.54 Å². The van der Waals surface area contributed by atoms with Gasteiger partial charge in [-0.05, 0) is 47.1 Å². The second-order valence-corrected chi connectivity index (χ2v) is 5.24. The molecule has 0 saturated carbocycles. The van der Waals surface area contributed by atoms with E-state index in [0.717, 1.165) is 35.2 Å². The first-order chi connectivity index (χ1) is 8.70. The molecule has 0 aliphatic rings. The maximum atomic E-state index is 5.97. The highest BCUT2D eigenvalue weighted by molar-refractivity contribution is 9.10. The van der Waals surface area contributed by atoms with E-state index in [1.54, 1.807) is 6.26 Å². The van der Waals surface area contributed by atoms with Crippen molar-refractivity contribution < 1.29 is 4.42 Å². The van der Waals surface area contributed by atoms with Crippen LogP contribution in [-0.2, 0) is 6.54 Å². The summed E-state index contributed by atoms with van der Waals surface area (Å²) in [7, 11) is 0. The second-order valence-electron chi connectivity index (χ2n) is 3.94. The number of benzene rings is 1. The molecule has 1 N–H and O–H groups in total. The summed E-state index contributed by atoms with van der Waals surface area (Å²) in [6, 6.07) is 5.54. The number of nitrogens with zero attached hydrogens (tertiary/aromatic N) is 1. The van der Waals surface area contributed by atoms with Crippen LogP contribution in [-0.4, -0.2) is 11.5 Å². The van der Waals surface area contributed by atoms with E-state index in [1.165, 1.54) is 0 Å². The van der Waals surface area contributed by atoms with Crippen LogP contribution in [0.1, 0.15) is 19.0 Å². The zero-order valence-electron chi connectivity index (χ0n) is 10.0. The smallest absolute Gasteiger partial charge is 0.227 e. The molecule has 1 aromatic carbocycles. The minimum absolute atomic E-state index is 0.581. The lowest BCUT2D eigenvalue weighted by Gasteiger charge is -2.00. The van der Waals surface area contributed by atoms with E-state index in [-0.39, 0.29) is 0 Å². The normalized spacial score (nSPS) is 10.8. The van der Waals surface area contributed by atoms with Crippen LogP contribution in [0.2, 0.25) is 5.02 Å². The van der Waals surface area contributed by atoms with Crippen LogP contribution in [0, 0.1) is 0 Å². The van der Waals surface area contributed by atoms with Gasteiger partial charge in [0.2, 0.25) is 5.89 Å². The molecule has 0 unspecified atom stereocenters. The minimum Gasteiger partial charge on any atom is -0.444 e. The molecule has 0 aliphatic carbocycles. The Morgan fingerprint density at radius 3 is 3.06 bits per heavy atom. The monoisotopic (exact) mass is 328 g/mol. The molecular weight excluding hydrogens is 316 g/mol. The molecule has 0 aliphatic heterocycles. The van der Waals surface area contributed by atoms with Crippen molar-refractivity contribution in [3.63, 3.8) is 0 Å². The molecule has 3 nitrogen and oxygen atoms in total. The van der Waals surface area contributed by atoms with Gasteiger partial charge in [0.15, 0.2) is 0 Å². The van der Waals surface area contributed by atoms with Crippen LogP contribution in [0.3, 0.4) is 0 Å². The van der Waals surface area contributed by atoms with E-state index in [0.29, 0.717) is 10.9 Å². The van der Waals surface area contributed by atoms with Gasteiger partial charge in [-0.2, -0.15) is 0 Å². The predicted octanol–water partition coefficient (Wildman–Crippen LogP) is 4.26. The van der Waals surface area contributed by atoms with Gasteiger partial charge in [-0.3, -0.25) is 0 Å². The topological polar surface area (TPSA) is 38.1 Å². The van der Waals surface area contributed by atoms with Crippen LogP contribution in [0.25, 0.3) is 11.5 Å². The Hall–Kier alpha value is -0.840. The van der Waals surface area contributed by atoms with Gasteiger partial charge < -0.3 is 9.73 Å². The van der Waals surface area contributed by atoms with E-state index in [9.17, 15) is 0 Å². The molecule has 0 bridgehead atoms. The molecule has 2 aromatic rings. The highest BCUT2D eigenvalue weighted by Gasteiger charge is 2.10. The van der Waals surface area contributed by atoms with Gasteiger partial charge >= 0.3 is 0 Å². The molecule has 0 saturated heterocycles. The highest BCUT2D eigenvalue weighted by atomic mass is 79.9. The third kappa shape index (κ3) is 3.34. The highest BCUT2D eigenvalue weighted by Crippen LogP contribution is 2.30. The molecule has 96 valence electrons. The summed E-state index contributed by atoms with van der Waals surface area (Å²) < 4.78 is 6.40. The van der Waals surface area contributed by atoms with Crippen molar-refractivity contribution in [2.24, 2.45) is 0 Å². The molecule has 18 heavy (non-hydrogen) atoms. The van der Waals surface area contributed by atoms with E-state index < -0.39 is 0 Å². The standard InChI is InChI=1S/C13H14BrClN2O/c1-2-5-16-7-10-8-18-13(17-10)11-6-9(15)3-4-12(11)14/h3-4,6,8,16H,2,5,7H2,1H3. The van der Waals surface area contributed by atoms with Gasteiger partial charge in [0.1, 0.15) is 6.26 Å². The fourth-order valence-electron chi connectivity index (χ4n) is 1.57. The van der Waals surface area contributed by atoms with E-state index in [4.69, 9.17) is 16.0 Å². The third-order valence-corrected chi connectivity index (χ3v) is 3.37. The lowest BCUT2D eigenvalue weighted by molar-refractivity contribution is 0.569. The van der Waals surface area contributed by atoms with E-state index in [1.807, 2.05) is 18.2 Å². The number of oxazole rings is 1. The van der Waals surface area contributed by atoms with Crippen molar-refractivity contribution in [1.82, 2.24) is 10.3 Å². The number of halogens is 2. The molecule has 0 radical (unpaired) electrons. The average molecular weight is 330 g/mol. The fraction of sp³-hybridized carbons (Fsp3) is 0.308. The fourth-order valence-corrected chi connectivity index (χ4v) is 2.15. The number of hydrogen-bond acceptors (Lipinski definition) is 3. The molecule has 0 spiro atoms. The van der Waals surface area contributed by atoms with Crippen LogP contribution < -0.4 is 5.32 Å². The van der Waals surface area contributed by atoms with Crippen molar-refractivity contribution in [2.45, 2.75) is 19.9 Å². The van der Waals surface area contributed by atoms with Gasteiger partial charge in [-0.15, -0.1) is 0 Å². The lowest BCUT2D eigenvalue weighted by Crippen LogP contribution is -2.13. The summed E-state index contributed by atoms with van der Waals surface area (Å²) in [5.41, 5.74) is 1.76. The summed E-state index contributed by atoms with van der Waals surface area (Å²) in [5.74, 6) is 0.581. The van der Waals surface area contributed by atoms with Gasteiger partial charge in [0.05, 0.1) is 11.3 Å². The van der Waals surface area contributed by atoms with Gasteiger partial charge in [0.25, 0.3) is 0 Å². The third-order valence-electron chi connectivity index (χ3n) is 2.44. The van der Waals surface area contributed by atoms with Crippen molar-refractivity contribution in [3.05, 3.63) is 39.7 Å². The Morgan fingerprint density at radius 2 is 2.28 bits per heavy atom. The molecular formula is C13H14BrClN2O. The Labute approximate surface area is 120 Å². The zero-order valence-corrected chi connectivity index (χ0v) is 12.4. The first-order valence-corrected chi connectivity index (χ1v) is 6.98. The van der Waals surface area contributed by atoms with Crippen LogP contribution in [0.5, 0.6) is 0 Å². The maximum absolute atomic E-state index is 5.97. The molecule has 1 aromatic heterocycles. The first-order valence-electron chi connectivity index (χ1n) is 5.81. The number of aromatic nitrogens is 1. The molecule has 0 amide bonds. The predicted molar refractivity (Wildman–Crippen MR) is 76.6 cm³/mol. The lowest BCUT2D eigenvalue weighted by atomic mass is 10.2. The van der Waals surface area contributed by atoms with Crippen molar-refractivity contribution >= 4 is 27.5 Å². The number of rotatable bonds is 5. The molecule has 0 atom stereocenters. The largest absolute Gasteiger partial charge is 0.444 e. The van der Waals surface area contributed by atoms with E-state index >= 15 is 0 Å². The molecule has 1 heterocycles. The van der Waals surface area contributed by atoms with Crippen molar-refractivity contribution in [3.8, 4) is 11.5 Å². The summed E-state index contributed by atoms with van der Waals surface area (Å²) in [4.78, 5) is 4.44. The van der Waals surface area contributed by atoms with Crippen LogP contribution in [0.15, 0.2) is 33.4 Å². The van der Waals surface area contributed by atoms with Crippen LogP contribution in [0.4, 0.5) is 0 Å². The summed E-state index contributed by atoms with van der Waals surface area (Å²) in [5, 5.41) is 3.95. The average Bonchev–Trinajstić information content (AvgIpc) is 2.81. The second kappa shape index (κ2) is 6.36. The van der Waals surface area contributed by atoms with Gasteiger partial charge in [0, 0.05) is 16.0 Å². The van der Waals surface area contributed by atoms with Gasteiger partial charge in [-0.1, -0.05) is 18.5 Å². The molecule has 2 rings (SSSR count). The maximum Gasteiger partial charge on any atom is 0.227 e. The number of nitrogens with one attached hydrogen (secondary N) is 1. The molecule has 5 heteroatoms. The van der Waals surface area contributed by atoms with Crippen molar-refractivity contribution in [1.29, 1.82) is 0 Å². The Balaban J connectivity index is 2.16. The summed E-state index contributed by atoms with van der Waals surface area (Å²) in [6.07, 6.45) is 2.77. The Morgan fingerprint density at radius 1 is 1.44 bits per heavy atom. The minimum atomic E-state index is 0.581. The summed E-state index contributed by atoms with van der Waals surface area (Å²) in [6.45, 7) is 3.82. The van der Waals surface area contributed by atoms with E-state index in [2.05, 4.69) is 33.2 Å². The number of hydrogen-bond donors (Lipinski definition) is 1. The Bertz CT molecular complexity index is 527. The first kappa shape index (κ1) is 13.6. The SMILES string of the molecule is CCCNCc1coc(-c2cc(Cl)ccc2Br)n1. The quantitative estimate of drug-likeness (QED) is 0.833. The van der Waals surface area contributed by atoms with Crippen LogP contribution >= 0.6 is 27.5 Å². The molecule has 0 fully saturated rings. The van der Waals surface area contributed by atoms with Gasteiger partial charge in [-0.25, -0.2) is 4.98 Å². The zero-order chi connectivity index (χ0) is 13.0. The Kier molecular flexibility index (Phi) is 4.80. The summed E-state index contributed by atoms with van der Waals surface area (Å²) >= 11 is 9.44.